The highest BCUT2D eigenvalue weighted by Crippen LogP contribution is 2.38. The molecule has 8 nitrogen and oxygen atoms in total. The van der Waals surface area contributed by atoms with E-state index in [0.29, 0.717) is 24.1 Å². The van der Waals surface area contributed by atoms with Gasteiger partial charge in [0.05, 0.1) is 40.8 Å². The molecule has 2 atom stereocenters. The first-order chi connectivity index (χ1) is 27.1. The number of phosphoric ester groups is 1. The van der Waals surface area contributed by atoms with Crippen LogP contribution in [0.25, 0.3) is 0 Å². The van der Waals surface area contributed by atoms with E-state index in [1.807, 2.05) is 27.2 Å². The second-order valence-corrected chi connectivity index (χ2v) is 17.1. The summed E-state index contributed by atoms with van der Waals surface area (Å²) in [6, 6.07) is 0. The zero-order chi connectivity index (χ0) is 41.3. The highest BCUT2D eigenvalue weighted by atomic mass is 31.2. The molecule has 0 fully saturated rings. The number of quaternary nitrogens is 1. The van der Waals surface area contributed by atoms with Gasteiger partial charge in [-0.15, -0.1) is 0 Å². The van der Waals surface area contributed by atoms with E-state index in [1.165, 1.54) is 96.3 Å². The van der Waals surface area contributed by atoms with Gasteiger partial charge in [0.25, 0.3) is 7.82 Å². The Hall–Kier alpha value is -2.06. The topological polar surface area (TPSA) is 94.1 Å². The number of ether oxygens (including phenoxy) is 2. The average molecular weight is 806 g/mol. The Kier molecular flexibility index (Phi) is 38.3. The molecular formula is C47H84NO7P. The minimum absolute atomic E-state index is 0.00600. The fraction of sp³-hybridized carbons (Fsp3) is 0.723. The number of allylic oxidation sites excluding steroid dienone is 11. The molecule has 0 N–H and O–H groups in total. The summed E-state index contributed by atoms with van der Waals surface area (Å²) in [4.78, 5) is 25.0. The third-order valence-electron chi connectivity index (χ3n) is 9.02. The predicted octanol–water partition coefficient (Wildman–Crippen LogP) is 12.5. The van der Waals surface area contributed by atoms with E-state index in [4.69, 9.17) is 18.5 Å². The first-order valence-electron chi connectivity index (χ1n) is 22.2. The molecule has 0 rings (SSSR count). The Balaban J connectivity index is 4.34. The zero-order valence-corrected chi connectivity index (χ0v) is 37.5. The maximum absolute atomic E-state index is 12.6. The van der Waals surface area contributed by atoms with Crippen LogP contribution in [0.15, 0.2) is 72.9 Å². The Morgan fingerprint density at radius 1 is 0.571 bits per heavy atom. The minimum Gasteiger partial charge on any atom is -0.756 e. The Labute approximate surface area is 344 Å². The summed E-state index contributed by atoms with van der Waals surface area (Å²) in [5.41, 5.74) is 0. The first kappa shape index (κ1) is 53.9. The average Bonchev–Trinajstić information content (AvgIpc) is 3.15. The van der Waals surface area contributed by atoms with Crippen molar-refractivity contribution in [3.05, 3.63) is 72.9 Å². The number of hydrogen-bond acceptors (Lipinski definition) is 7. The summed E-state index contributed by atoms with van der Waals surface area (Å²) in [7, 11) is 1.29. The lowest BCUT2D eigenvalue weighted by Crippen LogP contribution is -2.37. The summed E-state index contributed by atoms with van der Waals surface area (Å²) in [6.07, 6.45) is 50.9. The maximum atomic E-state index is 12.6. The van der Waals surface area contributed by atoms with Gasteiger partial charge < -0.3 is 27.9 Å². The summed E-state index contributed by atoms with van der Waals surface area (Å²) in [6.45, 7) is 5.14. The molecule has 0 aromatic carbocycles. The molecule has 0 aliphatic carbocycles. The molecule has 0 aromatic rings. The van der Waals surface area contributed by atoms with Crippen molar-refractivity contribution in [3.63, 3.8) is 0 Å². The number of unbranched alkanes of at least 4 members (excludes halogenated alkanes) is 15. The van der Waals surface area contributed by atoms with Crippen LogP contribution >= 0.6 is 7.82 Å². The van der Waals surface area contributed by atoms with Crippen LogP contribution in [0, 0.1) is 0 Å². The second-order valence-electron chi connectivity index (χ2n) is 15.7. The number of carbonyl (C=O) groups excluding carboxylic acids is 1. The number of phosphoric acid groups is 1. The Bertz CT molecular complexity index is 1120. The van der Waals surface area contributed by atoms with E-state index in [1.54, 1.807) is 6.08 Å². The SMILES string of the molecule is CC/C=C\C/C=C\C/C=C\C/C=C\C/C=C\CC(=O)OC(COCCCCCCCCCC/C=C\CCCCCCCCC)COP(=O)([O-])OCC[N+](C)(C)C. The van der Waals surface area contributed by atoms with Crippen LogP contribution in [-0.4, -0.2) is 70.7 Å². The lowest BCUT2D eigenvalue weighted by Gasteiger charge is -2.28. The van der Waals surface area contributed by atoms with Crippen LogP contribution < -0.4 is 4.89 Å². The van der Waals surface area contributed by atoms with E-state index in [9.17, 15) is 14.3 Å². The molecule has 0 saturated carbocycles. The van der Waals surface area contributed by atoms with Crippen molar-refractivity contribution in [1.29, 1.82) is 0 Å². The van der Waals surface area contributed by atoms with Crippen LogP contribution in [0.4, 0.5) is 0 Å². The number of carbonyl (C=O) groups is 1. The van der Waals surface area contributed by atoms with Gasteiger partial charge in [-0.05, 0) is 64.2 Å². The number of nitrogens with zero attached hydrogens (tertiary/aromatic N) is 1. The van der Waals surface area contributed by atoms with Crippen LogP contribution in [0.1, 0.15) is 162 Å². The van der Waals surface area contributed by atoms with Gasteiger partial charge in [-0.1, -0.05) is 164 Å². The third-order valence-corrected chi connectivity index (χ3v) is 9.99. The van der Waals surface area contributed by atoms with Crippen molar-refractivity contribution < 1.29 is 37.3 Å². The summed E-state index contributed by atoms with van der Waals surface area (Å²) in [5.74, 6) is -0.463. The molecule has 0 radical (unpaired) electrons. The van der Waals surface area contributed by atoms with Gasteiger partial charge in [0.2, 0.25) is 0 Å². The van der Waals surface area contributed by atoms with Crippen LogP contribution in [0.5, 0.6) is 0 Å². The predicted molar refractivity (Wildman–Crippen MR) is 235 cm³/mol. The smallest absolute Gasteiger partial charge is 0.310 e. The van der Waals surface area contributed by atoms with Crippen LogP contribution in [0.3, 0.4) is 0 Å². The van der Waals surface area contributed by atoms with Gasteiger partial charge in [-0.25, -0.2) is 0 Å². The van der Waals surface area contributed by atoms with Crippen LogP contribution in [-0.2, 0) is 27.9 Å². The molecular weight excluding hydrogens is 721 g/mol. The second kappa shape index (κ2) is 39.8. The van der Waals surface area contributed by atoms with Gasteiger partial charge in [0.1, 0.15) is 19.3 Å². The largest absolute Gasteiger partial charge is 0.756 e. The van der Waals surface area contributed by atoms with E-state index >= 15 is 0 Å². The molecule has 0 spiro atoms. The molecule has 2 unspecified atom stereocenters. The summed E-state index contributed by atoms with van der Waals surface area (Å²) < 4.78 is 34.4. The van der Waals surface area contributed by atoms with Crippen molar-refractivity contribution >= 4 is 13.8 Å². The molecule has 56 heavy (non-hydrogen) atoms. The Morgan fingerprint density at radius 2 is 1.04 bits per heavy atom. The number of rotatable bonds is 40. The number of likely N-dealkylation sites (N-methyl/N-ethyl adjacent to an activating group) is 1. The lowest BCUT2D eigenvalue weighted by molar-refractivity contribution is -0.870. The quantitative estimate of drug-likeness (QED) is 0.0200. The standard InChI is InChI=1S/C47H84NO7P/c1-6-8-10-12-14-16-18-20-22-23-24-25-27-29-31-33-35-37-39-42-52-44-46(45-54-56(50,51)53-43-41-48(3,4)5)55-47(49)40-38-36-34-32-30-28-26-21-19-17-15-13-11-9-7-2/h9,11,15,17,21-23,26,30,32,36,38,46H,6-8,10,12-14,16,18-20,24-25,27-29,31,33-35,37,39-45H2,1-5H3/b11-9-,17-15-,23-22-,26-21-,32-30-,38-36-. The molecule has 0 saturated heterocycles. The first-order valence-corrected chi connectivity index (χ1v) is 23.6. The van der Waals surface area contributed by atoms with Gasteiger partial charge >= 0.3 is 5.97 Å². The van der Waals surface area contributed by atoms with Crippen molar-refractivity contribution in [2.45, 2.75) is 168 Å². The molecule has 0 aromatic heterocycles. The van der Waals surface area contributed by atoms with Gasteiger partial charge in [0.15, 0.2) is 0 Å². The molecule has 9 heteroatoms. The highest BCUT2D eigenvalue weighted by Gasteiger charge is 2.20. The van der Waals surface area contributed by atoms with Crippen LogP contribution in [0.2, 0.25) is 0 Å². The fourth-order valence-corrected chi connectivity index (χ4v) is 6.34. The van der Waals surface area contributed by atoms with E-state index < -0.39 is 19.9 Å². The molecule has 0 bridgehead atoms. The highest BCUT2D eigenvalue weighted by molar-refractivity contribution is 7.45. The van der Waals surface area contributed by atoms with Crippen molar-refractivity contribution in [2.75, 3.05) is 54.1 Å². The van der Waals surface area contributed by atoms with Gasteiger partial charge in [-0.3, -0.25) is 9.36 Å². The molecule has 0 amide bonds. The number of esters is 1. The van der Waals surface area contributed by atoms with Gasteiger partial charge in [-0.2, -0.15) is 0 Å². The van der Waals surface area contributed by atoms with Crippen molar-refractivity contribution in [3.8, 4) is 0 Å². The summed E-state index contributed by atoms with van der Waals surface area (Å²) >= 11 is 0. The lowest BCUT2D eigenvalue weighted by atomic mass is 10.1. The Morgan fingerprint density at radius 3 is 1.54 bits per heavy atom. The van der Waals surface area contributed by atoms with Gasteiger partial charge in [0, 0.05) is 6.61 Å². The summed E-state index contributed by atoms with van der Waals surface area (Å²) in [5, 5.41) is 0. The van der Waals surface area contributed by atoms with E-state index in [0.717, 1.165) is 38.5 Å². The zero-order valence-electron chi connectivity index (χ0n) is 36.6. The molecule has 0 heterocycles. The van der Waals surface area contributed by atoms with Crippen molar-refractivity contribution in [1.82, 2.24) is 0 Å². The molecule has 0 aliphatic rings. The normalized spacial score (nSPS) is 14.5. The molecule has 0 aliphatic heterocycles. The maximum Gasteiger partial charge on any atom is 0.310 e. The van der Waals surface area contributed by atoms with Crippen molar-refractivity contribution in [2.24, 2.45) is 0 Å². The number of hydrogen-bond donors (Lipinski definition) is 0. The third kappa shape index (κ3) is 43.1. The van der Waals surface area contributed by atoms with E-state index in [2.05, 4.69) is 74.6 Å². The molecule has 324 valence electrons. The minimum atomic E-state index is -4.55. The monoisotopic (exact) mass is 806 g/mol. The fourth-order valence-electron chi connectivity index (χ4n) is 5.62. The van der Waals surface area contributed by atoms with E-state index in [-0.39, 0.29) is 26.2 Å².